The van der Waals surface area contributed by atoms with Gasteiger partial charge in [-0.15, -0.1) is 10.2 Å². The van der Waals surface area contributed by atoms with Gasteiger partial charge in [0.2, 0.25) is 11.1 Å². The Hall–Kier alpha value is -3.34. The monoisotopic (exact) mass is 421 g/mol. The summed E-state index contributed by atoms with van der Waals surface area (Å²) in [6.45, 7) is 0. The SMILES string of the molecule is COc1ccc(-c2nnc(SCC(=O)Nc3cc(F)cc(F)c3)n2N)c(OC)c1. The van der Waals surface area contributed by atoms with E-state index in [-0.39, 0.29) is 16.6 Å². The van der Waals surface area contributed by atoms with Gasteiger partial charge in [0.1, 0.15) is 23.1 Å². The zero-order chi connectivity index (χ0) is 21.0. The van der Waals surface area contributed by atoms with Gasteiger partial charge >= 0.3 is 0 Å². The number of carbonyl (C=O) groups is 1. The van der Waals surface area contributed by atoms with Crippen molar-refractivity contribution in [3.8, 4) is 22.9 Å². The molecule has 2 aromatic carbocycles. The van der Waals surface area contributed by atoms with Crippen LogP contribution in [0.4, 0.5) is 14.5 Å². The van der Waals surface area contributed by atoms with Crippen LogP contribution in [-0.4, -0.2) is 40.8 Å². The lowest BCUT2D eigenvalue weighted by Crippen LogP contribution is -2.16. The molecule has 0 aliphatic rings. The molecular formula is C18H17F2N5O3S. The van der Waals surface area contributed by atoms with E-state index in [1.807, 2.05) is 0 Å². The minimum atomic E-state index is -0.785. The van der Waals surface area contributed by atoms with Gasteiger partial charge < -0.3 is 20.6 Å². The number of nitrogens with two attached hydrogens (primary N) is 1. The molecule has 11 heteroatoms. The van der Waals surface area contributed by atoms with E-state index in [0.29, 0.717) is 22.9 Å². The molecule has 3 N–H and O–H groups in total. The van der Waals surface area contributed by atoms with Crippen molar-refractivity contribution in [2.24, 2.45) is 0 Å². The first kappa shape index (κ1) is 20.4. The van der Waals surface area contributed by atoms with Crippen LogP contribution in [-0.2, 0) is 4.79 Å². The molecule has 0 fully saturated rings. The van der Waals surface area contributed by atoms with Crippen molar-refractivity contribution in [1.29, 1.82) is 0 Å². The first-order valence-electron chi connectivity index (χ1n) is 8.23. The quantitative estimate of drug-likeness (QED) is 0.446. The molecule has 3 rings (SSSR count). The van der Waals surface area contributed by atoms with Gasteiger partial charge in [-0.25, -0.2) is 13.5 Å². The summed E-state index contributed by atoms with van der Waals surface area (Å²) in [5.74, 6) is 5.35. The molecule has 1 amide bonds. The van der Waals surface area contributed by atoms with Gasteiger partial charge in [-0.2, -0.15) is 0 Å². The molecule has 0 atom stereocenters. The smallest absolute Gasteiger partial charge is 0.234 e. The number of anilines is 1. The lowest BCUT2D eigenvalue weighted by Gasteiger charge is -2.10. The van der Waals surface area contributed by atoms with Crippen LogP contribution in [0.1, 0.15) is 0 Å². The van der Waals surface area contributed by atoms with E-state index >= 15 is 0 Å². The molecule has 0 spiro atoms. The predicted molar refractivity (Wildman–Crippen MR) is 104 cm³/mol. The number of hydrogen-bond donors (Lipinski definition) is 2. The highest BCUT2D eigenvalue weighted by atomic mass is 32.2. The summed E-state index contributed by atoms with van der Waals surface area (Å²) < 4.78 is 38.1. The molecule has 1 aromatic heterocycles. The normalized spacial score (nSPS) is 10.6. The number of methoxy groups -OCH3 is 2. The minimum absolute atomic E-state index is 0.0194. The first-order valence-corrected chi connectivity index (χ1v) is 9.21. The maximum Gasteiger partial charge on any atom is 0.234 e. The van der Waals surface area contributed by atoms with Crippen molar-refractivity contribution in [2.75, 3.05) is 31.1 Å². The number of hydrogen-bond acceptors (Lipinski definition) is 7. The molecule has 0 bridgehead atoms. The standard InChI is InChI=1S/C18H17F2N5O3S/c1-27-13-3-4-14(15(8-13)28-2)17-23-24-18(25(17)21)29-9-16(26)22-12-6-10(19)5-11(20)7-12/h3-8H,9,21H2,1-2H3,(H,22,26). The van der Waals surface area contributed by atoms with Crippen molar-refractivity contribution in [3.05, 3.63) is 48.0 Å². The summed E-state index contributed by atoms with van der Waals surface area (Å²) in [5, 5.41) is 10.7. The number of aromatic nitrogens is 3. The minimum Gasteiger partial charge on any atom is -0.497 e. The van der Waals surface area contributed by atoms with E-state index in [4.69, 9.17) is 15.3 Å². The topological polar surface area (TPSA) is 104 Å². The number of nitrogens with zero attached hydrogens (tertiary/aromatic N) is 3. The number of rotatable bonds is 7. The number of amides is 1. The van der Waals surface area contributed by atoms with Crippen LogP contribution < -0.4 is 20.6 Å². The molecule has 0 aliphatic carbocycles. The van der Waals surface area contributed by atoms with E-state index in [0.717, 1.165) is 30.0 Å². The number of ether oxygens (including phenoxy) is 2. The van der Waals surface area contributed by atoms with Gasteiger partial charge in [0.05, 0.1) is 25.5 Å². The number of nitrogen functional groups attached to an aromatic ring is 1. The molecule has 152 valence electrons. The Morgan fingerprint density at radius 2 is 1.86 bits per heavy atom. The largest absolute Gasteiger partial charge is 0.497 e. The zero-order valence-electron chi connectivity index (χ0n) is 15.5. The Balaban J connectivity index is 1.71. The highest BCUT2D eigenvalue weighted by Gasteiger charge is 2.18. The maximum absolute atomic E-state index is 13.2. The van der Waals surface area contributed by atoms with Gasteiger partial charge in [0, 0.05) is 17.8 Å². The molecular weight excluding hydrogens is 404 g/mol. The highest BCUT2D eigenvalue weighted by Crippen LogP contribution is 2.33. The molecule has 0 saturated carbocycles. The van der Waals surface area contributed by atoms with Crippen molar-refractivity contribution < 1.29 is 23.0 Å². The van der Waals surface area contributed by atoms with E-state index in [1.54, 1.807) is 18.2 Å². The second-order valence-corrected chi connectivity index (χ2v) is 6.68. The number of benzene rings is 2. The lowest BCUT2D eigenvalue weighted by atomic mass is 10.2. The molecule has 1 heterocycles. The van der Waals surface area contributed by atoms with Gasteiger partial charge in [0.15, 0.2) is 5.82 Å². The Kier molecular flexibility index (Phi) is 6.17. The fourth-order valence-corrected chi connectivity index (χ4v) is 3.15. The molecule has 0 saturated heterocycles. The Labute approximate surface area is 169 Å². The summed E-state index contributed by atoms with van der Waals surface area (Å²) in [6.07, 6.45) is 0. The van der Waals surface area contributed by atoms with Gasteiger partial charge in [-0.1, -0.05) is 11.8 Å². The van der Waals surface area contributed by atoms with E-state index in [2.05, 4.69) is 15.5 Å². The Morgan fingerprint density at radius 1 is 1.14 bits per heavy atom. The number of halogens is 2. The van der Waals surface area contributed by atoms with Crippen LogP contribution >= 0.6 is 11.8 Å². The average Bonchev–Trinajstić information content (AvgIpc) is 3.05. The van der Waals surface area contributed by atoms with Crippen LogP contribution in [0.15, 0.2) is 41.6 Å². The highest BCUT2D eigenvalue weighted by molar-refractivity contribution is 7.99. The van der Waals surface area contributed by atoms with Crippen LogP contribution in [0, 0.1) is 11.6 Å². The van der Waals surface area contributed by atoms with E-state index in [1.165, 1.54) is 18.9 Å². The van der Waals surface area contributed by atoms with E-state index < -0.39 is 17.5 Å². The lowest BCUT2D eigenvalue weighted by molar-refractivity contribution is -0.113. The fraction of sp³-hybridized carbons (Fsp3) is 0.167. The fourth-order valence-electron chi connectivity index (χ4n) is 2.50. The average molecular weight is 421 g/mol. The van der Waals surface area contributed by atoms with Crippen molar-refractivity contribution in [1.82, 2.24) is 14.9 Å². The third kappa shape index (κ3) is 4.74. The number of nitrogens with one attached hydrogen (secondary N) is 1. The summed E-state index contributed by atoms with van der Waals surface area (Å²) in [4.78, 5) is 12.1. The van der Waals surface area contributed by atoms with Crippen LogP contribution in [0.25, 0.3) is 11.4 Å². The van der Waals surface area contributed by atoms with Gasteiger partial charge in [-0.3, -0.25) is 4.79 Å². The first-order chi connectivity index (χ1) is 13.9. The summed E-state index contributed by atoms with van der Waals surface area (Å²) in [5.41, 5.74) is 0.612. The molecule has 3 aromatic rings. The van der Waals surface area contributed by atoms with Crippen LogP contribution in [0.2, 0.25) is 0 Å². The van der Waals surface area contributed by atoms with E-state index in [9.17, 15) is 13.6 Å². The predicted octanol–water partition coefficient (Wildman–Crippen LogP) is 2.69. The second-order valence-electron chi connectivity index (χ2n) is 5.74. The van der Waals surface area contributed by atoms with Crippen LogP contribution in [0.5, 0.6) is 11.5 Å². The van der Waals surface area contributed by atoms with Crippen LogP contribution in [0.3, 0.4) is 0 Å². The molecule has 0 aliphatic heterocycles. The summed E-state index contributed by atoms with van der Waals surface area (Å²) in [7, 11) is 3.04. The van der Waals surface area contributed by atoms with Crippen molar-refractivity contribution in [2.45, 2.75) is 5.16 Å². The Morgan fingerprint density at radius 3 is 2.52 bits per heavy atom. The summed E-state index contributed by atoms with van der Waals surface area (Å²) in [6, 6.07) is 7.89. The van der Waals surface area contributed by atoms with Gasteiger partial charge in [0.25, 0.3) is 0 Å². The number of thioether (sulfide) groups is 1. The van der Waals surface area contributed by atoms with Crippen molar-refractivity contribution >= 4 is 23.4 Å². The third-order valence-electron chi connectivity index (χ3n) is 3.79. The number of carbonyl (C=O) groups excluding carboxylic acids is 1. The molecule has 0 unspecified atom stereocenters. The molecule has 0 radical (unpaired) electrons. The maximum atomic E-state index is 13.2. The second kappa shape index (κ2) is 8.78. The molecule has 29 heavy (non-hydrogen) atoms. The van der Waals surface area contributed by atoms with Gasteiger partial charge in [-0.05, 0) is 24.3 Å². The Bertz CT molecular complexity index is 1020. The third-order valence-corrected chi connectivity index (χ3v) is 4.74. The zero-order valence-corrected chi connectivity index (χ0v) is 16.3. The molecule has 8 nitrogen and oxygen atoms in total. The van der Waals surface area contributed by atoms with Crippen molar-refractivity contribution in [3.63, 3.8) is 0 Å². The summed E-state index contributed by atoms with van der Waals surface area (Å²) >= 11 is 1.02.